The number of halogens is 1. The molecule has 23 heteroatoms. The number of hydrogen-bond acceptors (Lipinski definition) is 20. The minimum atomic E-state index is 0.411. The van der Waals surface area contributed by atoms with Crippen molar-refractivity contribution in [1.29, 1.82) is 0 Å². The second-order valence-corrected chi connectivity index (χ2v) is 13.6. The average Bonchev–Trinajstić information content (AvgIpc) is 4.01. The van der Waals surface area contributed by atoms with Gasteiger partial charge in [-0.25, -0.2) is 18.9 Å². The summed E-state index contributed by atoms with van der Waals surface area (Å²) in [6.45, 7) is 20.1. The number of hydrogen-bond donors (Lipinski definition) is 4. The zero-order valence-electron chi connectivity index (χ0n) is 27.1. The Hall–Kier alpha value is -5.46. The molecular formula is C28H29BrN16O4S2. The molecule has 0 spiro atoms. The maximum Gasteiger partial charge on any atom is 0.214 e. The molecule has 5 N–H and O–H groups in total. The molecule has 2 aliphatic rings. The van der Waals surface area contributed by atoms with Gasteiger partial charge in [0.1, 0.15) is 11.0 Å². The van der Waals surface area contributed by atoms with Crippen LogP contribution in [0.4, 0.5) is 49.5 Å². The lowest BCUT2D eigenvalue weighted by molar-refractivity contribution is 0.123. The molecule has 20 nitrogen and oxygen atoms in total. The number of benzene rings is 2. The zero-order valence-corrected chi connectivity index (χ0v) is 30.3. The average molecular weight is 798 g/mol. The first kappa shape index (κ1) is 35.4. The number of morpholine rings is 2. The molecule has 8 rings (SSSR count). The molecule has 51 heavy (non-hydrogen) atoms. The normalized spacial score (nSPS) is 14.1. The minimum Gasteiger partial charge on any atom is -0.398 e. The summed E-state index contributed by atoms with van der Waals surface area (Å²) >= 11 is 6.01. The van der Waals surface area contributed by atoms with Crippen LogP contribution in [0.5, 0.6) is 0 Å². The molecule has 0 aliphatic carbocycles. The number of aromatic nitrogens is 8. The van der Waals surface area contributed by atoms with Gasteiger partial charge in [-0.1, -0.05) is 22.7 Å². The van der Waals surface area contributed by atoms with Gasteiger partial charge in [-0.3, -0.25) is 0 Å². The zero-order chi connectivity index (χ0) is 35.7. The summed E-state index contributed by atoms with van der Waals surface area (Å²) in [6, 6.07) is 3.36. The van der Waals surface area contributed by atoms with E-state index in [4.69, 9.17) is 37.6 Å². The van der Waals surface area contributed by atoms with Gasteiger partial charge in [-0.15, -0.1) is 20.4 Å². The minimum absolute atomic E-state index is 0.411. The van der Waals surface area contributed by atoms with E-state index in [9.17, 15) is 0 Å². The van der Waals surface area contributed by atoms with Crippen LogP contribution in [0.25, 0.3) is 31.8 Å². The molecule has 6 heterocycles. The van der Waals surface area contributed by atoms with E-state index in [0.29, 0.717) is 108 Å². The Morgan fingerprint density at radius 2 is 1.20 bits per heavy atom. The number of anilines is 7. The third-order valence-corrected chi connectivity index (χ3v) is 9.63. The van der Waals surface area contributed by atoms with Gasteiger partial charge in [0.2, 0.25) is 26.8 Å². The molecule has 0 bridgehead atoms. The Balaban J connectivity index is 0.000000150. The van der Waals surface area contributed by atoms with Crippen molar-refractivity contribution >= 4 is 110 Å². The molecular weight excluding hydrogens is 768 g/mol. The lowest BCUT2D eigenvalue weighted by atomic mass is 10.1. The van der Waals surface area contributed by atoms with E-state index < -0.39 is 0 Å². The maximum atomic E-state index is 7.57. The van der Waals surface area contributed by atoms with E-state index >= 15 is 0 Å². The van der Waals surface area contributed by atoms with E-state index in [1.807, 2.05) is 7.05 Å². The first-order valence-electron chi connectivity index (χ1n) is 15.1. The van der Waals surface area contributed by atoms with Crippen molar-refractivity contribution in [3.05, 3.63) is 38.9 Å². The van der Waals surface area contributed by atoms with Crippen molar-refractivity contribution in [1.82, 2.24) is 41.0 Å². The predicted octanol–water partition coefficient (Wildman–Crippen LogP) is 4.78. The monoisotopic (exact) mass is 796 g/mol. The lowest BCUT2D eigenvalue weighted by Gasteiger charge is -2.29. The number of nitrogens with zero attached hydrogens (tertiary/aromatic N) is 12. The standard InChI is InChI=1S/C14H14N8O2S.C11H11N5O2.C3H4BrN3S/c1-15-9-7-8(17-14-19-18-13(16-2)25-14)10-11(21-24-20-10)12(9)22-3-5-23-6-4-22;1-13-8-6-7(12)9-10(15-18-14-9)11(8)16-2-4-17-5-3-16;1-5-3-7-6-2(4)8-3/h7H,3-6H2,2H3,(H,16,18)(H,17,19);6H,2-5,12H2;1H3,(H,5,7). The van der Waals surface area contributed by atoms with Crippen LogP contribution in [0.2, 0.25) is 0 Å². The number of rotatable bonds is 6. The molecule has 0 atom stereocenters. The summed E-state index contributed by atoms with van der Waals surface area (Å²) < 4.78 is 21.2. The van der Waals surface area contributed by atoms with Crippen molar-refractivity contribution in [2.45, 2.75) is 0 Å². The van der Waals surface area contributed by atoms with Crippen LogP contribution in [-0.2, 0) is 9.47 Å². The summed E-state index contributed by atoms with van der Waals surface area (Å²) in [4.78, 5) is 11.3. The van der Waals surface area contributed by atoms with Crippen molar-refractivity contribution in [2.24, 2.45) is 0 Å². The van der Waals surface area contributed by atoms with Crippen LogP contribution < -0.4 is 31.5 Å². The molecule has 0 unspecified atom stereocenters. The van der Waals surface area contributed by atoms with Crippen LogP contribution in [0.15, 0.2) is 25.3 Å². The Labute approximate surface area is 306 Å². The van der Waals surface area contributed by atoms with Gasteiger partial charge in [-0.2, -0.15) is 0 Å². The topological polar surface area (TPSA) is 225 Å². The van der Waals surface area contributed by atoms with E-state index in [1.165, 1.54) is 22.7 Å². The van der Waals surface area contributed by atoms with Crippen molar-refractivity contribution in [3.8, 4) is 0 Å². The van der Waals surface area contributed by atoms with Crippen LogP contribution in [0, 0.1) is 13.1 Å². The number of ether oxygens (including phenoxy) is 2. The van der Waals surface area contributed by atoms with Crippen LogP contribution >= 0.6 is 38.6 Å². The van der Waals surface area contributed by atoms with Crippen LogP contribution in [-0.4, -0.2) is 108 Å². The third kappa shape index (κ3) is 7.97. The quantitative estimate of drug-likeness (QED) is 0.131. The fourth-order valence-corrected chi connectivity index (χ4v) is 6.69. The molecule has 4 aromatic heterocycles. The number of fused-ring (bicyclic) bond motifs is 2. The Morgan fingerprint density at radius 1 is 0.706 bits per heavy atom. The Kier molecular flexibility index (Phi) is 11.4. The smallest absolute Gasteiger partial charge is 0.214 e. The highest BCUT2D eigenvalue weighted by molar-refractivity contribution is 9.11. The van der Waals surface area contributed by atoms with Crippen LogP contribution in [0.3, 0.4) is 0 Å². The fraction of sp³-hybridized carbons (Fsp3) is 0.357. The van der Waals surface area contributed by atoms with Crippen molar-refractivity contribution in [3.63, 3.8) is 0 Å². The highest BCUT2D eigenvalue weighted by Crippen LogP contribution is 2.41. The fourth-order valence-electron chi connectivity index (χ4n) is 5.11. The predicted molar refractivity (Wildman–Crippen MR) is 197 cm³/mol. The Bertz CT molecular complexity index is 2180. The second-order valence-electron chi connectivity index (χ2n) is 10.4. The number of nitrogens with two attached hydrogens (primary N) is 1. The summed E-state index contributed by atoms with van der Waals surface area (Å²) in [5.74, 6) is 0. The van der Waals surface area contributed by atoms with E-state index in [0.717, 1.165) is 20.4 Å². The largest absolute Gasteiger partial charge is 0.398 e. The second kappa shape index (κ2) is 16.5. The summed E-state index contributed by atoms with van der Waals surface area (Å²) in [6.07, 6.45) is 0. The van der Waals surface area contributed by atoms with Gasteiger partial charge < -0.3 is 41.0 Å². The first-order chi connectivity index (χ1) is 24.9. The van der Waals surface area contributed by atoms with Crippen molar-refractivity contribution in [2.75, 3.05) is 98.2 Å². The van der Waals surface area contributed by atoms with Crippen LogP contribution in [0.1, 0.15) is 0 Å². The molecule has 0 radical (unpaired) electrons. The maximum absolute atomic E-state index is 7.57. The SMILES string of the molecule is CNc1nnc(Br)s1.[C-]#[N+]c1cc(N)c2nonc2c1N1CCOCC1.[C-]#[N+]c1cc(Nc2nnc(NC)s2)c2nonc2c1N1CCOCC1. The van der Waals surface area contributed by atoms with E-state index in [2.05, 4.69) is 92.4 Å². The molecule has 2 aliphatic heterocycles. The lowest BCUT2D eigenvalue weighted by Crippen LogP contribution is -2.36. The van der Waals surface area contributed by atoms with Gasteiger partial charge in [0.15, 0.2) is 15.0 Å². The molecule has 0 saturated carbocycles. The molecule has 264 valence electrons. The molecule has 6 aromatic rings. The van der Waals surface area contributed by atoms with E-state index in [-0.39, 0.29) is 0 Å². The van der Waals surface area contributed by atoms with Gasteiger partial charge in [0, 0.05) is 40.3 Å². The Morgan fingerprint density at radius 3 is 1.71 bits per heavy atom. The highest BCUT2D eigenvalue weighted by Gasteiger charge is 2.24. The van der Waals surface area contributed by atoms with Gasteiger partial charge >= 0.3 is 0 Å². The third-order valence-electron chi connectivity index (χ3n) is 7.40. The summed E-state index contributed by atoms with van der Waals surface area (Å²) in [5.41, 5.74) is 11.4. The molecule has 2 saturated heterocycles. The molecule has 2 aromatic carbocycles. The van der Waals surface area contributed by atoms with Gasteiger partial charge in [-0.05, 0) is 48.7 Å². The number of nitrogen functional groups attached to an aromatic ring is 1. The van der Waals surface area contributed by atoms with Crippen molar-refractivity contribution < 1.29 is 18.7 Å². The molecule has 0 amide bonds. The number of nitrogens with one attached hydrogen (secondary N) is 3. The summed E-state index contributed by atoms with van der Waals surface area (Å²) in [5, 5.41) is 42.2. The summed E-state index contributed by atoms with van der Waals surface area (Å²) in [7, 11) is 3.59. The van der Waals surface area contributed by atoms with Gasteiger partial charge in [0.25, 0.3) is 0 Å². The first-order valence-corrected chi connectivity index (χ1v) is 17.6. The highest BCUT2D eigenvalue weighted by atomic mass is 79.9. The van der Waals surface area contributed by atoms with E-state index in [1.54, 1.807) is 19.2 Å². The van der Waals surface area contributed by atoms with Gasteiger partial charge in [0.05, 0.1) is 62.3 Å². The molecule has 2 fully saturated rings.